The largest absolute Gasteiger partial charge is 0.508 e. The van der Waals surface area contributed by atoms with Crippen molar-refractivity contribution in [1.29, 1.82) is 0 Å². The Morgan fingerprint density at radius 3 is 1.35 bits per heavy atom. The fourth-order valence-corrected chi connectivity index (χ4v) is 21.9. The number of fused-ring (bicyclic) bond motifs is 17. The van der Waals surface area contributed by atoms with Crippen LogP contribution in [0.25, 0.3) is 56.3 Å². The van der Waals surface area contributed by atoms with E-state index < -0.39 is 17.6 Å². The van der Waals surface area contributed by atoms with E-state index in [1.807, 2.05) is 36.4 Å². The van der Waals surface area contributed by atoms with Gasteiger partial charge >= 0.3 is 0 Å². The molecule has 6 saturated carbocycles. The number of rotatable bonds is 4. The van der Waals surface area contributed by atoms with Crippen LogP contribution in [0.15, 0.2) is 207 Å². The van der Waals surface area contributed by atoms with Gasteiger partial charge in [-0.2, -0.15) is 0 Å². The second-order valence-corrected chi connectivity index (χ2v) is 34.5. The molecule has 14 N–H and O–H groups in total. The number of aromatic hydroxyl groups is 11. The molecule has 9 aliphatic rings. The average Bonchev–Trinajstić information content (AvgIpc) is 1.63. The molecule has 11 aromatic rings. The summed E-state index contributed by atoms with van der Waals surface area (Å²) >= 11 is 0. The number of ketones is 1. The van der Waals surface area contributed by atoms with Gasteiger partial charge in [0.1, 0.15) is 98.1 Å². The molecule has 0 aliphatic heterocycles. The first-order chi connectivity index (χ1) is 56.0. The van der Waals surface area contributed by atoms with Gasteiger partial charge in [0.05, 0.1) is 34.8 Å². The minimum atomic E-state index is -0.565. The first kappa shape index (κ1) is 80.7. The topological polar surface area (TPSA) is 361 Å². The number of Topliss-reactive ketones (excluding diaryl/α,β-unsaturated/α-hetero) is 1. The Balaban J connectivity index is 0.000000110. The lowest BCUT2D eigenvalue weighted by Gasteiger charge is -2.50. The van der Waals surface area contributed by atoms with Gasteiger partial charge in [-0.05, 0) is 320 Å². The van der Waals surface area contributed by atoms with Crippen molar-refractivity contribution in [3.8, 4) is 85.5 Å². The molecule has 15 atom stereocenters. The zero-order valence-electron chi connectivity index (χ0n) is 65.8. The monoisotopic (exact) mass is 1580 g/mol. The zero-order valence-corrected chi connectivity index (χ0v) is 65.8. The average molecular weight is 1580 g/mol. The van der Waals surface area contributed by atoms with Crippen LogP contribution in [-0.4, -0.2) is 95.6 Å². The predicted octanol–water partition coefficient (Wildman–Crippen LogP) is 18.4. The highest BCUT2D eigenvalue weighted by atomic mass is 16.3. The predicted molar refractivity (Wildman–Crippen MR) is 448 cm³/mol. The molecule has 0 spiro atoms. The van der Waals surface area contributed by atoms with Gasteiger partial charge in [-0.15, -0.1) is 0 Å². The fraction of sp³-hybridized carbons (Fsp3) is 0.357. The number of phenolic OH excluding ortho intramolecular Hbond substituents is 11. The van der Waals surface area contributed by atoms with Crippen LogP contribution in [0, 0.1) is 51.8 Å². The van der Waals surface area contributed by atoms with E-state index in [9.17, 15) is 80.8 Å². The van der Waals surface area contributed by atoms with Crippen molar-refractivity contribution in [2.45, 2.75) is 166 Å². The number of hydrogen-bond donors (Lipinski definition) is 14. The van der Waals surface area contributed by atoms with Gasteiger partial charge in [-0.25, -0.2) is 0 Å². The Kier molecular flexibility index (Phi) is 22.7. The third-order valence-corrected chi connectivity index (χ3v) is 28.0. The maximum absolute atomic E-state index is 12.4. The first-order valence-corrected chi connectivity index (χ1v) is 40.9. The van der Waals surface area contributed by atoms with Crippen LogP contribution >= 0.6 is 0 Å². The van der Waals surface area contributed by atoms with Crippen LogP contribution in [0.3, 0.4) is 0 Å². The highest BCUT2D eigenvalue weighted by Gasteiger charge is 2.59. The summed E-state index contributed by atoms with van der Waals surface area (Å²) in [5, 5.41) is 135. The van der Waals surface area contributed by atoms with Gasteiger partial charge < -0.3 is 80.3 Å². The van der Waals surface area contributed by atoms with E-state index >= 15 is 0 Å². The molecule has 0 bridgehead atoms. The van der Waals surface area contributed by atoms with Crippen molar-refractivity contribution in [2.24, 2.45) is 51.8 Å². The number of hydrogen-bond acceptors (Lipinski definition) is 19. The zero-order chi connectivity index (χ0) is 82.5. The van der Waals surface area contributed by atoms with E-state index in [0.29, 0.717) is 104 Å². The Labute approximate surface area is 678 Å². The molecule has 608 valence electrons. The molecule has 9 aliphatic carbocycles. The highest BCUT2D eigenvalue weighted by molar-refractivity contribution is 5.89. The molecule has 2 heterocycles. The van der Waals surface area contributed by atoms with Gasteiger partial charge in [0.2, 0.25) is 5.43 Å². The van der Waals surface area contributed by atoms with E-state index in [4.69, 9.17) is 13.9 Å². The molecule has 0 saturated heterocycles. The van der Waals surface area contributed by atoms with Gasteiger partial charge in [-0.1, -0.05) is 87.5 Å². The molecule has 19 nitrogen and oxygen atoms in total. The van der Waals surface area contributed by atoms with Crippen LogP contribution in [0.1, 0.15) is 173 Å². The smallest absolute Gasteiger partial charge is 0.204 e. The lowest BCUT2D eigenvalue weighted by atomic mass is 9.55. The summed E-state index contributed by atoms with van der Waals surface area (Å²) in [6, 6.07) is 47.9. The summed E-state index contributed by atoms with van der Waals surface area (Å²) in [4.78, 5) is 37.0. The van der Waals surface area contributed by atoms with Gasteiger partial charge in [-0.3, -0.25) is 14.4 Å². The van der Waals surface area contributed by atoms with Crippen molar-refractivity contribution < 1.29 is 85.1 Å². The van der Waals surface area contributed by atoms with E-state index in [2.05, 4.69) is 39.0 Å². The molecular formula is C98H102O19. The fourth-order valence-electron chi connectivity index (χ4n) is 21.9. The number of phenols is 11. The van der Waals surface area contributed by atoms with Crippen molar-refractivity contribution in [2.75, 3.05) is 0 Å². The number of aryl methyl sites for hydroxylation is 3. The van der Waals surface area contributed by atoms with Gasteiger partial charge in [0.25, 0.3) is 0 Å². The van der Waals surface area contributed by atoms with E-state index in [1.54, 1.807) is 72.8 Å². The summed E-state index contributed by atoms with van der Waals surface area (Å²) < 4.78 is 10.7. The Hall–Kier alpha value is -11.5. The molecule has 9 aromatic carbocycles. The van der Waals surface area contributed by atoms with Crippen molar-refractivity contribution in [3.05, 3.63) is 253 Å². The third kappa shape index (κ3) is 16.2. The maximum atomic E-state index is 12.4. The summed E-state index contributed by atoms with van der Waals surface area (Å²) in [5.41, 5.74) is 11.7. The quantitative estimate of drug-likeness (QED) is 0.0728. The molecule has 6 fully saturated rings. The number of carbonyl (C=O) groups excluding carboxylic acids is 1. The summed E-state index contributed by atoms with van der Waals surface area (Å²) in [7, 11) is 0. The molecule has 19 heteroatoms. The Morgan fingerprint density at radius 1 is 0.368 bits per heavy atom. The number of aliphatic hydroxyl groups excluding tert-OH is 3. The number of carbonyl (C=O) groups is 1. The third-order valence-electron chi connectivity index (χ3n) is 28.0. The second-order valence-electron chi connectivity index (χ2n) is 34.5. The van der Waals surface area contributed by atoms with Crippen LogP contribution in [-0.2, 0) is 24.1 Å². The van der Waals surface area contributed by atoms with Crippen molar-refractivity contribution >= 4 is 39.9 Å². The second kappa shape index (κ2) is 32.9. The Morgan fingerprint density at radius 2 is 0.803 bits per heavy atom. The molecular weight excluding hydrogens is 1480 g/mol. The van der Waals surface area contributed by atoms with Crippen LogP contribution in [0.2, 0.25) is 0 Å². The summed E-state index contributed by atoms with van der Waals surface area (Å²) in [6.07, 6.45) is 23.1. The van der Waals surface area contributed by atoms with E-state index in [1.165, 1.54) is 126 Å². The highest BCUT2D eigenvalue weighted by Crippen LogP contribution is 2.64. The molecule has 0 amide bonds. The number of aliphatic hydroxyl groups is 3. The maximum Gasteiger partial charge on any atom is 0.204 e. The van der Waals surface area contributed by atoms with Crippen LogP contribution in [0.5, 0.6) is 63.2 Å². The lowest BCUT2D eigenvalue weighted by Crippen LogP contribution is -2.44. The SMILES string of the molecule is C[C@]12CC[C@@H]3c4ccc(O)cc4CC[C@H]3[C@@H]1CCC2=O.C[C@]12CC[C@@H]3c4ccc(O)cc4CC[C@H]3[C@@H]1CC[C@@H]2O.C[C@]12CC[C@@H]3c4ccc(O)cc4CC[C@H]3[C@@H]1C[C@@H](O)[C@@H]2O.O=c1c(-c2ccc(O)cc2)coc2cc(O)cc(O)c12.O=c1c(-c2ccc(O)cc2)coc2cc(O)ccc12.Oc1ccc(/C=C/c2cc(O)cc(O)c2)cc1. The Bertz CT molecular complexity index is 5630. The van der Waals surface area contributed by atoms with Crippen molar-refractivity contribution in [1.82, 2.24) is 0 Å². The minimum Gasteiger partial charge on any atom is -0.508 e. The lowest BCUT2D eigenvalue weighted by molar-refractivity contribution is -0.129. The van der Waals surface area contributed by atoms with Crippen molar-refractivity contribution in [3.63, 3.8) is 0 Å². The van der Waals surface area contributed by atoms with Gasteiger partial charge in [0.15, 0.2) is 5.43 Å². The number of benzene rings is 9. The minimum absolute atomic E-state index is 0.00775. The van der Waals surface area contributed by atoms with E-state index in [0.717, 1.165) is 101 Å². The van der Waals surface area contributed by atoms with E-state index in [-0.39, 0.29) is 90.3 Å². The van der Waals surface area contributed by atoms with Crippen LogP contribution in [0.4, 0.5) is 0 Å². The molecule has 2 aromatic heterocycles. The summed E-state index contributed by atoms with van der Waals surface area (Å²) in [5.74, 6) is 7.17. The molecule has 20 rings (SSSR count). The summed E-state index contributed by atoms with van der Waals surface area (Å²) in [6.45, 7) is 6.70. The standard InChI is InChI=1S/C18H24O3.C18H24O2.C18H22O2.C15H10O5.C15H10O4.C14H12O3/c1-18-7-6-13-12-5-3-11(19)8-10(12)2-4-14(13)15(18)9-16(20)17(18)21;2*1-18-9-8-14-13-5-3-12(19)10-11(13)2-4-15(14)16(18)6-7-17(18)20;16-9-3-1-8(2-4-9)11-7-20-13-6-10(17)5-12(18)14(13)15(11)19;16-10-3-1-9(2-4-10)13-8-19-14-7-11(17)5-6-12(14)15(13)18;15-12-5-3-10(4-6-12)1-2-11-7-13(16)9-14(17)8-11/h3,5,8,13-17,19-21H,2,4,6-7,9H2,1H3;3,5,10,14-17,19-20H,2,4,6-9H2,1H3;3,5,10,14-16,19H,2,4,6-9H2,1H3;1-7,16-18H;1-8,16-17H;1-9,15-17H/b;;;;;2-1+/t13-,14-,15+,16-,17+,18+;14-,15-,16+,17+,18+;14-,15-,16+,18+;;;/m111.../s1. The molecule has 117 heavy (non-hydrogen) atoms. The van der Waals surface area contributed by atoms with Gasteiger partial charge in [0, 0.05) is 36.1 Å². The molecule has 0 radical (unpaired) electrons. The normalized spacial score (nSPS) is 27.2. The van der Waals surface area contributed by atoms with Crippen LogP contribution < -0.4 is 10.9 Å². The molecule has 0 unspecified atom stereocenters. The first-order valence-electron chi connectivity index (χ1n) is 40.9.